The Kier molecular flexibility index (Phi) is 5.57. The monoisotopic (exact) mass is 371 g/mol. The molecule has 2 aromatic heterocycles. The fraction of sp³-hybridized carbons (Fsp3) is 0.167. The Balaban J connectivity index is 1.63. The summed E-state index contributed by atoms with van der Waals surface area (Å²) in [5, 5.41) is 12.4. The van der Waals surface area contributed by atoms with Gasteiger partial charge >= 0.3 is 0 Å². The Morgan fingerprint density at radius 3 is 2.84 bits per heavy atom. The van der Waals surface area contributed by atoms with E-state index in [9.17, 15) is 9.59 Å². The van der Waals surface area contributed by atoms with Gasteiger partial charge in [-0.1, -0.05) is 6.07 Å². The van der Waals surface area contributed by atoms with Gasteiger partial charge < -0.3 is 10.6 Å². The number of nitrogens with one attached hydrogen (secondary N) is 2. The van der Waals surface area contributed by atoms with Gasteiger partial charge in [-0.15, -0.1) is 11.3 Å². The van der Waals surface area contributed by atoms with Gasteiger partial charge in [-0.25, -0.2) is 4.98 Å². The molecule has 2 amide bonds. The topological polar surface area (TPSA) is 71.1 Å². The van der Waals surface area contributed by atoms with Crippen molar-refractivity contribution in [2.75, 3.05) is 11.9 Å². The highest BCUT2D eigenvalue weighted by Gasteiger charge is 2.11. The molecule has 0 aliphatic rings. The first-order valence-electron chi connectivity index (χ1n) is 7.81. The van der Waals surface area contributed by atoms with Crippen LogP contribution in [0.3, 0.4) is 0 Å². The Morgan fingerprint density at radius 2 is 2.08 bits per heavy atom. The van der Waals surface area contributed by atoms with E-state index in [4.69, 9.17) is 0 Å². The summed E-state index contributed by atoms with van der Waals surface area (Å²) in [6.07, 6.45) is 0.200. The molecule has 0 atom stereocenters. The zero-order valence-corrected chi connectivity index (χ0v) is 15.2. The number of amides is 2. The van der Waals surface area contributed by atoms with Crippen LogP contribution < -0.4 is 10.6 Å². The standard InChI is InChI=1S/C18H17N3O2S2/c1-2-19-17(23)12-4-3-5-14(8-12)20-16(22)9-15-11-25-18(21-15)13-6-7-24-10-13/h3-8,10-11H,2,9H2,1H3,(H,19,23)(H,20,22). The minimum absolute atomic E-state index is 0.154. The number of carbonyl (C=O) groups is 2. The number of anilines is 1. The molecule has 0 unspecified atom stereocenters. The summed E-state index contributed by atoms with van der Waals surface area (Å²) in [7, 11) is 0. The van der Waals surface area contributed by atoms with Crippen molar-refractivity contribution in [1.82, 2.24) is 10.3 Å². The number of aromatic nitrogens is 1. The number of carbonyl (C=O) groups excluding carboxylic acids is 2. The maximum atomic E-state index is 12.2. The molecule has 25 heavy (non-hydrogen) atoms. The molecule has 1 aromatic carbocycles. The lowest BCUT2D eigenvalue weighted by molar-refractivity contribution is -0.115. The lowest BCUT2D eigenvalue weighted by atomic mass is 10.2. The van der Waals surface area contributed by atoms with Crippen LogP contribution in [-0.4, -0.2) is 23.3 Å². The second kappa shape index (κ2) is 8.04. The molecule has 3 aromatic rings. The molecule has 2 N–H and O–H groups in total. The number of thiazole rings is 1. The van der Waals surface area contributed by atoms with E-state index >= 15 is 0 Å². The molecule has 0 aliphatic carbocycles. The van der Waals surface area contributed by atoms with E-state index in [1.54, 1.807) is 35.6 Å². The normalized spacial score (nSPS) is 10.4. The lowest BCUT2D eigenvalue weighted by Crippen LogP contribution is -2.23. The molecule has 5 nitrogen and oxygen atoms in total. The van der Waals surface area contributed by atoms with E-state index in [-0.39, 0.29) is 18.2 Å². The fourth-order valence-electron chi connectivity index (χ4n) is 2.28. The van der Waals surface area contributed by atoms with Crippen LogP contribution in [0.5, 0.6) is 0 Å². The van der Waals surface area contributed by atoms with Crippen molar-refractivity contribution in [3.05, 3.63) is 57.7 Å². The second-order valence-corrected chi connectivity index (χ2v) is 6.96. The van der Waals surface area contributed by atoms with E-state index in [1.165, 1.54) is 11.3 Å². The van der Waals surface area contributed by atoms with Crippen molar-refractivity contribution < 1.29 is 9.59 Å². The zero-order valence-electron chi connectivity index (χ0n) is 13.6. The van der Waals surface area contributed by atoms with Crippen LogP contribution in [0, 0.1) is 0 Å². The summed E-state index contributed by atoms with van der Waals surface area (Å²) < 4.78 is 0. The minimum atomic E-state index is -0.157. The number of hydrogen-bond acceptors (Lipinski definition) is 5. The third kappa shape index (κ3) is 4.52. The average Bonchev–Trinajstić information content (AvgIpc) is 3.26. The van der Waals surface area contributed by atoms with Crippen LogP contribution in [0.15, 0.2) is 46.5 Å². The van der Waals surface area contributed by atoms with Gasteiger partial charge in [0, 0.05) is 34.1 Å². The Morgan fingerprint density at radius 1 is 1.20 bits per heavy atom. The van der Waals surface area contributed by atoms with Gasteiger partial charge in [0.15, 0.2) is 0 Å². The van der Waals surface area contributed by atoms with Crippen molar-refractivity contribution in [2.45, 2.75) is 13.3 Å². The molecule has 0 aliphatic heterocycles. The molecule has 3 rings (SSSR count). The smallest absolute Gasteiger partial charge is 0.251 e. The molecular formula is C18H17N3O2S2. The molecular weight excluding hydrogens is 354 g/mol. The highest BCUT2D eigenvalue weighted by molar-refractivity contribution is 7.14. The summed E-state index contributed by atoms with van der Waals surface area (Å²) >= 11 is 3.15. The quantitative estimate of drug-likeness (QED) is 0.692. The number of rotatable bonds is 6. The first-order chi connectivity index (χ1) is 12.2. The summed E-state index contributed by atoms with van der Waals surface area (Å²) in [5.74, 6) is -0.311. The maximum absolute atomic E-state index is 12.2. The average molecular weight is 371 g/mol. The number of thiophene rings is 1. The van der Waals surface area contributed by atoms with Crippen molar-refractivity contribution in [1.29, 1.82) is 0 Å². The fourth-order valence-corrected chi connectivity index (χ4v) is 3.81. The van der Waals surface area contributed by atoms with Gasteiger partial charge in [0.1, 0.15) is 5.01 Å². The van der Waals surface area contributed by atoms with Crippen LogP contribution in [0.2, 0.25) is 0 Å². The predicted octanol–water partition coefficient (Wildman–Crippen LogP) is 3.80. The summed E-state index contributed by atoms with van der Waals surface area (Å²) in [6, 6.07) is 8.91. The number of nitrogens with zero attached hydrogens (tertiary/aromatic N) is 1. The van der Waals surface area contributed by atoms with Gasteiger partial charge in [0.2, 0.25) is 5.91 Å². The third-order valence-electron chi connectivity index (χ3n) is 3.41. The van der Waals surface area contributed by atoms with Crippen LogP contribution in [0.1, 0.15) is 23.0 Å². The largest absolute Gasteiger partial charge is 0.352 e. The molecule has 0 radical (unpaired) electrons. The molecule has 0 saturated carbocycles. The highest BCUT2D eigenvalue weighted by Crippen LogP contribution is 2.25. The summed E-state index contributed by atoms with van der Waals surface area (Å²) in [5.41, 5.74) is 2.94. The van der Waals surface area contributed by atoms with Gasteiger partial charge in [0.25, 0.3) is 5.91 Å². The molecule has 0 bridgehead atoms. The number of hydrogen-bond donors (Lipinski definition) is 2. The van der Waals surface area contributed by atoms with Gasteiger partial charge in [-0.3, -0.25) is 9.59 Å². The Bertz CT molecular complexity index is 872. The van der Waals surface area contributed by atoms with E-state index in [0.29, 0.717) is 17.8 Å². The highest BCUT2D eigenvalue weighted by atomic mass is 32.1. The van der Waals surface area contributed by atoms with E-state index < -0.39 is 0 Å². The number of benzene rings is 1. The van der Waals surface area contributed by atoms with Crippen LogP contribution in [-0.2, 0) is 11.2 Å². The van der Waals surface area contributed by atoms with Crippen molar-refractivity contribution in [3.63, 3.8) is 0 Å². The molecule has 128 valence electrons. The lowest BCUT2D eigenvalue weighted by Gasteiger charge is -2.07. The molecule has 0 saturated heterocycles. The van der Waals surface area contributed by atoms with Crippen molar-refractivity contribution >= 4 is 40.2 Å². The second-order valence-electron chi connectivity index (χ2n) is 5.32. The van der Waals surface area contributed by atoms with Gasteiger partial charge in [-0.05, 0) is 36.6 Å². The molecule has 0 fully saturated rings. The summed E-state index contributed by atoms with van der Waals surface area (Å²) in [4.78, 5) is 28.6. The Hall–Kier alpha value is -2.51. The SMILES string of the molecule is CCNC(=O)c1cccc(NC(=O)Cc2csc(-c3ccsc3)n2)c1. The van der Waals surface area contributed by atoms with E-state index in [0.717, 1.165) is 16.3 Å². The molecule has 7 heteroatoms. The van der Waals surface area contributed by atoms with Crippen molar-refractivity contribution in [2.24, 2.45) is 0 Å². The molecule has 0 spiro atoms. The first kappa shape index (κ1) is 17.3. The van der Waals surface area contributed by atoms with Gasteiger partial charge in [0.05, 0.1) is 12.1 Å². The first-order valence-corrected chi connectivity index (χ1v) is 9.63. The van der Waals surface area contributed by atoms with Gasteiger partial charge in [-0.2, -0.15) is 11.3 Å². The maximum Gasteiger partial charge on any atom is 0.251 e. The van der Waals surface area contributed by atoms with Crippen molar-refractivity contribution in [3.8, 4) is 10.6 Å². The van der Waals surface area contributed by atoms with Crippen LogP contribution in [0.4, 0.5) is 5.69 Å². The van der Waals surface area contributed by atoms with E-state index in [2.05, 4.69) is 15.6 Å². The minimum Gasteiger partial charge on any atom is -0.352 e. The summed E-state index contributed by atoms with van der Waals surface area (Å²) in [6.45, 7) is 2.42. The Labute approximate surface area is 153 Å². The van der Waals surface area contributed by atoms with Crippen LogP contribution >= 0.6 is 22.7 Å². The van der Waals surface area contributed by atoms with E-state index in [1.807, 2.05) is 29.1 Å². The third-order valence-corrected chi connectivity index (χ3v) is 5.03. The zero-order chi connectivity index (χ0) is 17.6. The van der Waals surface area contributed by atoms with Crippen LogP contribution in [0.25, 0.3) is 10.6 Å². The predicted molar refractivity (Wildman–Crippen MR) is 102 cm³/mol. The molecule has 2 heterocycles.